The zero-order valence-electron chi connectivity index (χ0n) is 13.9. The van der Waals surface area contributed by atoms with Crippen LogP contribution in [0.25, 0.3) is 26.7 Å². The van der Waals surface area contributed by atoms with E-state index in [0.29, 0.717) is 27.3 Å². The zero-order chi connectivity index (χ0) is 18.0. The number of aromatic nitrogens is 3. The molecule has 1 fully saturated rings. The van der Waals surface area contributed by atoms with Crippen molar-refractivity contribution in [3.05, 3.63) is 68.4 Å². The largest absolute Gasteiger partial charge is 0.280 e. The number of H-pyrrole nitrogens is 1. The number of pyridine rings is 3. The summed E-state index contributed by atoms with van der Waals surface area (Å²) in [5, 5.41) is 0.124. The summed E-state index contributed by atoms with van der Waals surface area (Å²) >= 11 is 1.19. The van der Waals surface area contributed by atoms with Gasteiger partial charge in [-0.2, -0.15) is 0 Å². The Labute approximate surface area is 150 Å². The van der Waals surface area contributed by atoms with Crippen molar-refractivity contribution in [3.63, 3.8) is 0 Å². The summed E-state index contributed by atoms with van der Waals surface area (Å²) in [4.78, 5) is 29.1. The average molecular weight is 367 g/mol. The van der Waals surface area contributed by atoms with Crippen molar-refractivity contribution in [1.82, 2.24) is 13.8 Å². The van der Waals surface area contributed by atoms with Crippen LogP contribution in [0.3, 0.4) is 0 Å². The molecule has 26 heavy (non-hydrogen) atoms. The van der Waals surface area contributed by atoms with Gasteiger partial charge in [-0.25, -0.2) is 4.39 Å². The van der Waals surface area contributed by atoms with Crippen molar-refractivity contribution in [1.29, 1.82) is 0 Å². The minimum Gasteiger partial charge on any atom is -0.280 e. The van der Waals surface area contributed by atoms with Crippen LogP contribution < -0.4 is 11.1 Å². The maximum atomic E-state index is 14.8. The van der Waals surface area contributed by atoms with Gasteiger partial charge in [0.15, 0.2) is 0 Å². The lowest BCUT2D eigenvalue weighted by Crippen LogP contribution is -2.20. The first kappa shape index (κ1) is 15.5. The van der Waals surface area contributed by atoms with Crippen LogP contribution in [0.5, 0.6) is 0 Å². The van der Waals surface area contributed by atoms with Crippen molar-refractivity contribution in [2.45, 2.75) is 25.7 Å². The van der Waals surface area contributed by atoms with E-state index in [1.807, 2.05) is 19.1 Å². The van der Waals surface area contributed by atoms with Gasteiger partial charge in [0.05, 0.1) is 10.2 Å². The Morgan fingerprint density at radius 3 is 2.81 bits per heavy atom. The highest BCUT2D eigenvalue weighted by Gasteiger charge is 2.31. The highest BCUT2D eigenvalue weighted by molar-refractivity contribution is 7.13. The molecule has 0 unspecified atom stereocenters. The van der Waals surface area contributed by atoms with Gasteiger partial charge in [0.25, 0.3) is 11.1 Å². The van der Waals surface area contributed by atoms with E-state index in [1.54, 1.807) is 12.3 Å². The maximum Gasteiger partial charge on any atom is 0.271 e. The SMILES string of the molecule is Cc1ccc(-c2cc3c(C4CC4)c4s[nH]c(=O)c4c(=O)n3cc2F)cn1. The van der Waals surface area contributed by atoms with Crippen LogP contribution in [-0.2, 0) is 0 Å². The van der Waals surface area contributed by atoms with Crippen LogP contribution in [0, 0.1) is 12.7 Å². The van der Waals surface area contributed by atoms with Gasteiger partial charge < -0.3 is 0 Å². The molecule has 1 N–H and O–H groups in total. The summed E-state index contributed by atoms with van der Waals surface area (Å²) in [6, 6.07) is 5.35. The number of hydrogen-bond acceptors (Lipinski definition) is 4. The molecule has 4 aromatic heterocycles. The van der Waals surface area contributed by atoms with Crippen molar-refractivity contribution >= 4 is 27.1 Å². The predicted molar refractivity (Wildman–Crippen MR) is 99.6 cm³/mol. The van der Waals surface area contributed by atoms with Crippen LogP contribution in [0.1, 0.15) is 30.0 Å². The molecule has 0 aromatic carbocycles. The lowest BCUT2D eigenvalue weighted by molar-refractivity contribution is 0.621. The van der Waals surface area contributed by atoms with Crippen LogP contribution in [0.15, 0.2) is 40.2 Å². The molecule has 0 radical (unpaired) electrons. The number of aromatic amines is 1. The third-order valence-corrected chi connectivity index (χ3v) is 5.82. The van der Waals surface area contributed by atoms with Crippen LogP contribution in [0.2, 0.25) is 0 Å². The number of nitrogens with one attached hydrogen (secondary N) is 1. The summed E-state index contributed by atoms with van der Waals surface area (Å²) in [6.07, 6.45) is 4.84. The highest BCUT2D eigenvalue weighted by atomic mass is 32.1. The Balaban J connectivity index is 1.92. The molecule has 0 amide bonds. The molecule has 130 valence electrons. The lowest BCUT2D eigenvalue weighted by atomic mass is 10.0. The minimum absolute atomic E-state index is 0.124. The molecule has 5 rings (SSSR count). The number of aryl methyl sites for hydroxylation is 1. The van der Waals surface area contributed by atoms with E-state index in [9.17, 15) is 14.0 Å². The number of rotatable bonds is 2. The molecule has 4 aromatic rings. The molecular formula is C19H14FN3O2S. The van der Waals surface area contributed by atoms with Crippen molar-refractivity contribution in [2.75, 3.05) is 0 Å². The van der Waals surface area contributed by atoms with Gasteiger partial charge in [-0.05, 0) is 43.4 Å². The van der Waals surface area contributed by atoms with Crippen LogP contribution in [-0.4, -0.2) is 13.8 Å². The molecule has 4 heterocycles. The Kier molecular flexibility index (Phi) is 3.18. The van der Waals surface area contributed by atoms with Crippen molar-refractivity contribution in [2.24, 2.45) is 0 Å². The van der Waals surface area contributed by atoms with E-state index in [2.05, 4.69) is 9.36 Å². The van der Waals surface area contributed by atoms with Gasteiger partial charge in [0.1, 0.15) is 11.2 Å². The molecule has 1 aliphatic rings. The van der Waals surface area contributed by atoms with E-state index in [0.717, 1.165) is 24.1 Å². The van der Waals surface area contributed by atoms with Gasteiger partial charge in [0, 0.05) is 29.2 Å². The first-order chi connectivity index (χ1) is 12.5. The molecule has 0 bridgehead atoms. The molecular weight excluding hydrogens is 353 g/mol. The molecule has 1 saturated carbocycles. The molecule has 7 heteroatoms. The second kappa shape index (κ2) is 5.35. The summed E-state index contributed by atoms with van der Waals surface area (Å²) in [5.41, 5.74) is 2.66. The fourth-order valence-corrected chi connectivity index (χ4v) is 4.40. The van der Waals surface area contributed by atoms with Gasteiger partial charge in [-0.15, -0.1) is 0 Å². The van der Waals surface area contributed by atoms with Gasteiger partial charge >= 0.3 is 0 Å². The van der Waals surface area contributed by atoms with E-state index < -0.39 is 16.9 Å². The van der Waals surface area contributed by atoms with Gasteiger partial charge in [0.2, 0.25) is 0 Å². The summed E-state index contributed by atoms with van der Waals surface area (Å²) in [5.74, 6) is -0.216. The monoisotopic (exact) mass is 367 g/mol. The standard InChI is InChI=1S/C19H14FN3O2S/c1-9-2-3-11(7-21-9)12-6-14-15(10-4-5-10)17-16(18(24)22-26-17)19(25)23(14)8-13(12)20/h2-3,6-8,10H,4-5H2,1H3,(H,22,24). The van der Waals surface area contributed by atoms with Crippen LogP contribution in [0.4, 0.5) is 4.39 Å². The minimum atomic E-state index is -0.516. The topological polar surface area (TPSA) is 67.2 Å². The van der Waals surface area contributed by atoms with E-state index in [-0.39, 0.29) is 5.39 Å². The first-order valence-electron chi connectivity index (χ1n) is 8.36. The van der Waals surface area contributed by atoms with E-state index in [1.165, 1.54) is 22.1 Å². The van der Waals surface area contributed by atoms with E-state index >= 15 is 0 Å². The third-order valence-electron chi connectivity index (χ3n) is 4.90. The lowest BCUT2D eigenvalue weighted by Gasteiger charge is -2.12. The number of hydrogen-bond donors (Lipinski definition) is 1. The van der Waals surface area contributed by atoms with Crippen LogP contribution >= 0.6 is 11.5 Å². The smallest absolute Gasteiger partial charge is 0.271 e. The number of halogens is 1. The fraction of sp³-hybridized carbons (Fsp3) is 0.211. The Hall–Kier alpha value is -2.80. The van der Waals surface area contributed by atoms with Crippen molar-refractivity contribution in [3.8, 4) is 11.1 Å². The van der Waals surface area contributed by atoms with Crippen molar-refractivity contribution < 1.29 is 4.39 Å². The zero-order valence-corrected chi connectivity index (χ0v) is 14.7. The Morgan fingerprint density at radius 2 is 2.12 bits per heavy atom. The Bertz CT molecular complexity index is 1300. The second-order valence-corrected chi connectivity index (χ2v) is 7.53. The summed E-state index contributed by atoms with van der Waals surface area (Å²) in [6.45, 7) is 1.87. The fourth-order valence-electron chi connectivity index (χ4n) is 3.44. The second-order valence-electron chi connectivity index (χ2n) is 6.71. The quantitative estimate of drug-likeness (QED) is 0.589. The Morgan fingerprint density at radius 1 is 1.31 bits per heavy atom. The average Bonchev–Trinajstić information content (AvgIpc) is 3.39. The molecule has 1 aliphatic carbocycles. The molecule has 0 atom stereocenters. The molecule has 0 aliphatic heterocycles. The number of fused-ring (bicyclic) bond motifs is 2. The normalized spacial score (nSPS) is 14.4. The maximum absolute atomic E-state index is 14.8. The third kappa shape index (κ3) is 2.17. The predicted octanol–water partition coefficient (Wildman–Crippen LogP) is 3.59. The van der Waals surface area contributed by atoms with E-state index in [4.69, 9.17) is 0 Å². The van der Waals surface area contributed by atoms with Gasteiger partial charge in [-0.3, -0.25) is 23.3 Å². The number of nitrogens with zero attached hydrogens (tertiary/aromatic N) is 2. The summed E-state index contributed by atoms with van der Waals surface area (Å²) < 4.78 is 19.4. The summed E-state index contributed by atoms with van der Waals surface area (Å²) in [7, 11) is 0. The molecule has 5 nitrogen and oxygen atoms in total. The van der Waals surface area contributed by atoms with Gasteiger partial charge in [-0.1, -0.05) is 17.6 Å². The first-order valence-corrected chi connectivity index (χ1v) is 9.18. The molecule has 0 spiro atoms. The highest BCUT2D eigenvalue weighted by Crippen LogP contribution is 2.45. The molecule has 0 saturated heterocycles.